The Morgan fingerprint density at radius 1 is 1.35 bits per heavy atom. The minimum atomic E-state index is -0.719. The maximum absolute atomic E-state index is 12.8. The Balaban J connectivity index is 3.22. The monoisotopic (exact) mass is 241 g/mol. The van der Waals surface area contributed by atoms with Crippen molar-refractivity contribution in [3.63, 3.8) is 0 Å². The van der Waals surface area contributed by atoms with Crippen LogP contribution in [0.4, 0.5) is 4.39 Å². The number of carbonyl (C=O) groups excluding carboxylic acids is 1. The van der Waals surface area contributed by atoms with Crippen molar-refractivity contribution in [1.82, 2.24) is 0 Å². The van der Waals surface area contributed by atoms with Gasteiger partial charge in [-0.25, -0.2) is 4.39 Å². The van der Waals surface area contributed by atoms with Gasteiger partial charge in [-0.3, -0.25) is 4.79 Å². The molecule has 0 fully saturated rings. The van der Waals surface area contributed by atoms with Crippen molar-refractivity contribution in [2.24, 2.45) is 5.73 Å². The third-order valence-electron chi connectivity index (χ3n) is 2.39. The molecule has 4 nitrogen and oxygen atoms in total. The lowest BCUT2D eigenvalue weighted by molar-refractivity contribution is 0.0985. The van der Waals surface area contributed by atoms with Crippen LogP contribution in [-0.2, 0) is 6.67 Å². The molecule has 0 saturated heterocycles. The molecule has 0 amide bonds. The van der Waals surface area contributed by atoms with E-state index >= 15 is 0 Å². The van der Waals surface area contributed by atoms with Crippen LogP contribution >= 0.6 is 0 Å². The molecule has 0 aromatic heterocycles. The van der Waals surface area contributed by atoms with E-state index in [1.54, 1.807) is 0 Å². The Kier molecular flexibility index (Phi) is 4.90. The first-order valence-electron chi connectivity index (χ1n) is 5.22. The molecular formula is C12H16FNO3. The first-order chi connectivity index (χ1) is 8.17. The van der Waals surface area contributed by atoms with Gasteiger partial charge in [0.25, 0.3) is 0 Å². The van der Waals surface area contributed by atoms with Crippen molar-refractivity contribution < 1.29 is 18.7 Å². The fourth-order valence-electron chi connectivity index (χ4n) is 1.58. The summed E-state index contributed by atoms with van der Waals surface area (Å²) in [7, 11) is 2.87. The lowest BCUT2D eigenvalue weighted by atomic mass is 10.0. The zero-order valence-corrected chi connectivity index (χ0v) is 9.96. The highest BCUT2D eigenvalue weighted by Gasteiger charge is 2.15. The molecule has 0 radical (unpaired) electrons. The molecule has 1 aromatic carbocycles. The molecule has 0 saturated carbocycles. The Morgan fingerprint density at radius 2 is 2.06 bits per heavy atom. The molecule has 0 heterocycles. The van der Waals surface area contributed by atoms with Crippen LogP contribution in [0.2, 0.25) is 0 Å². The predicted octanol–water partition coefficient (Wildman–Crippen LogP) is 1.70. The van der Waals surface area contributed by atoms with Crippen LogP contribution in [0.15, 0.2) is 12.1 Å². The number of benzene rings is 1. The number of nitrogens with two attached hydrogens (primary N) is 1. The van der Waals surface area contributed by atoms with Crippen molar-refractivity contribution in [1.29, 1.82) is 0 Å². The van der Waals surface area contributed by atoms with Gasteiger partial charge in [0.1, 0.15) is 6.67 Å². The van der Waals surface area contributed by atoms with Crippen molar-refractivity contribution in [3.8, 4) is 11.5 Å². The number of methoxy groups -OCH3 is 2. The highest BCUT2D eigenvalue weighted by atomic mass is 19.1. The van der Waals surface area contributed by atoms with E-state index in [0.717, 1.165) is 0 Å². The third kappa shape index (κ3) is 2.94. The van der Waals surface area contributed by atoms with Crippen LogP contribution in [0.5, 0.6) is 11.5 Å². The summed E-state index contributed by atoms with van der Waals surface area (Å²) in [6.45, 7) is -0.457. The minimum Gasteiger partial charge on any atom is -0.493 e. The number of hydrogen-bond donors (Lipinski definition) is 1. The molecule has 0 spiro atoms. The highest BCUT2D eigenvalue weighted by Crippen LogP contribution is 2.33. The number of hydrogen-bond acceptors (Lipinski definition) is 4. The number of halogens is 1. The Morgan fingerprint density at radius 3 is 2.53 bits per heavy atom. The van der Waals surface area contributed by atoms with Crippen molar-refractivity contribution >= 4 is 5.78 Å². The first-order valence-corrected chi connectivity index (χ1v) is 5.22. The molecule has 5 heteroatoms. The van der Waals surface area contributed by atoms with Gasteiger partial charge in [0, 0.05) is 17.5 Å². The largest absolute Gasteiger partial charge is 0.493 e. The summed E-state index contributed by atoms with van der Waals surface area (Å²) < 4.78 is 23.0. The molecule has 0 aliphatic rings. The lowest BCUT2D eigenvalue weighted by Crippen LogP contribution is -2.09. The van der Waals surface area contributed by atoms with Gasteiger partial charge < -0.3 is 15.2 Å². The van der Waals surface area contributed by atoms with Crippen LogP contribution in [0.25, 0.3) is 0 Å². The van der Waals surface area contributed by atoms with E-state index in [-0.39, 0.29) is 18.7 Å². The molecule has 17 heavy (non-hydrogen) atoms. The van der Waals surface area contributed by atoms with Gasteiger partial charge in [-0.05, 0) is 18.7 Å². The van der Waals surface area contributed by atoms with Crippen molar-refractivity contribution in [2.75, 3.05) is 20.8 Å². The Bertz CT molecular complexity index is 382. The summed E-state index contributed by atoms with van der Waals surface area (Å²) in [6, 6.07) is 3.01. The van der Waals surface area contributed by atoms with E-state index in [0.29, 0.717) is 22.6 Å². The minimum absolute atomic E-state index is 0.136. The van der Waals surface area contributed by atoms with Gasteiger partial charge in [0.05, 0.1) is 14.2 Å². The second kappa shape index (κ2) is 6.20. The summed E-state index contributed by atoms with van der Waals surface area (Å²) >= 11 is 0. The van der Waals surface area contributed by atoms with Crippen LogP contribution < -0.4 is 15.2 Å². The van der Waals surface area contributed by atoms with E-state index in [9.17, 15) is 9.18 Å². The summed E-state index contributed by atoms with van der Waals surface area (Å²) in [5, 5.41) is 0. The predicted molar refractivity (Wildman–Crippen MR) is 62.4 cm³/mol. The molecule has 0 aliphatic heterocycles. The highest BCUT2D eigenvalue weighted by molar-refractivity contribution is 5.97. The van der Waals surface area contributed by atoms with Crippen LogP contribution in [0.3, 0.4) is 0 Å². The number of Topliss-reactive ketones (excluding diaryl/α,β-unsaturated/α-hetero) is 1. The summed E-state index contributed by atoms with van der Waals surface area (Å²) in [5.41, 5.74) is 6.00. The maximum Gasteiger partial charge on any atom is 0.166 e. The van der Waals surface area contributed by atoms with Crippen LogP contribution in [-0.4, -0.2) is 26.5 Å². The number of rotatable bonds is 6. The topological polar surface area (TPSA) is 61.5 Å². The number of carbonyl (C=O) groups is 1. The van der Waals surface area contributed by atoms with Crippen LogP contribution in [0, 0.1) is 0 Å². The zero-order chi connectivity index (χ0) is 12.8. The molecule has 94 valence electrons. The lowest BCUT2D eigenvalue weighted by Gasteiger charge is -2.12. The standard InChI is InChI=1S/C12H16FNO3/c1-16-11-6-8(10(15)3-4-14)5-9(7-13)12(11)17-2/h5-6H,3-4,7,14H2,1-2H3. The number of ether oxygens (including phenoxy) is 2. The van der Waals surface area contributed by atoms with Gasteiger partial charge in [-0.2, -0.15) is 0 Å². The molecule has 0 unspecified atom stereocenters. The second-order valence-corrected chi connectivity index (χ2v) is 3.47. The molecule has 0 atom stereocenters. The van der Waals surface area contributed by atoms with E-state index in [4.69, 9.17) is 15.2 Å². The van der Waals surface area contributed by atoms with E-state index in [2.05, 4.69) is 0 Å². The number of ketones is 1. The van der Waals surface area contributed by atoms with Gasteiger partial charge in [0.2, 0.25) is 0 Å². The van der Waals surface area contributed by atoms with Gasteiger partial charge >= 0.3 is 0 Å². The fraction of sp³-hybridized carbons (Fsp3) is 0.417. The molecule has 0 bridgehead atoms. The molecule has 1 rings (SSSR count). The van der Waals surface area contributed by atoms with E-state index in [1.165, 1.54) is 26.4 Å². The van der Waals surface area contributed by atoms with Gasteiger partial charge in [-0.15, -0.1) is 0 Å². The average molecular weight is 241 g/mol. The summed E-state index contributed by atoms with van der Waals surface area (Å²) in [4.78, 5) is 11.7. The molecular weight excluding hydrogens is 225 g/mol. The Hall–Kier alpha value is -1.62. The molecule has 0 aliphatic carbocycles. The normalized spacial score (nSPS) is 10.1. The number of alkyl halides is 1. The molecule has 2 N–H and O–H groups in total. The van der Waals surface area contributed by atoms with Gasteiger partial charge in [0.15, 0.2) is 17.3 Å². The van der Waals surface area contributed by atoms with Gasteiger partial charge in [-0.1, -0.05) is 0 Å². The zero-order valence-electron chi connectivity index (χ0n) is 9.96. The van der Waals surface area contributed by atoms with Crippen molar-refractivity contribution in [2.45, 2.75) is 13.1 Å². The smallest absolute Gasteiger partial charge is 0.166 e. The maximum atomic E-state index is 12.8. The van der Waals surface area contributed by atoms with Crippen molar-refractivity contribution in [3.05, 3.63) is 23.3 Å². The SMILES string of the molecule is COc1cc(C(=O)CCN)cc(CF)c1OC. The molecule has 1 aromatic rings. The Labute approximate surface area is 99.5 Å². The third-order valence-corrected chi connectivity index (χ3v) is 2.39. The fourth-order valence-corrected chi connectivity index (χ4v) is 1.58. The average Bonchev–Trinajstić information content (AvgIpc) is 2.37. The second-order valence-electron chi connectivity index (χ2n) is 3.47. The van der Waals surface area contributed by atoms with E-state index in [1.807, 2.05) is 0 Å². The van der Waals surface area contributed by atoms with E-state index < -0.39 is 6.67 Å². The first kappa shape index (κ1) is 13.4. The summed E-state index contributed by atoms with van der Waals surface area (Å²) in [6.07, 6.45) is 0.223. The summed E-state index contributed by atoms with van der Waals surface area (Å²) in [5.74, 6) is 0.533. The van der Waals surface area contributed by atoms with Crippen LogP contribution in [0.1, 0.15) is 22.3 Å². The quantitative estimate of drug-likeness (QED) is 0.770.